The third-order valence-electron chi connectivity index (χ3n) is 9.49. The molecule has 0 amide bonds. The van der Waals surface area contributed by atoms with Gasteiger partial charge in [0.15, 0.2) is 5.60 Å². The number of para-hydroxylation sites is 1. The minimum atomic E-state index is -0.875. The SMILES string of the molecule is CCN(CC)c1ccc2c(c1)-c1cc(N(CC)CC)ccc1C21Oc2cccc(OC)c2-c2nn(-c3ccccc3)c(C)c21. The van der Waals surface area contributed by atoms with Gasteiger partial charge in [-0.2, -0.15) is 5.10 Å². The zero-order valence-corrected chi connectivity index (χ0v) is 26.5. The van der Waals surface area contributed by atoms with E-state index in [9.17, 15) is 0 Å². The van der Waals surface area contributed by atoms with E-state index in [2.05, 4.69) is 110 Å². The first-order chi connectivity index (χ1) is 21.5. The van der Waals surface area contributed by atoms with Crippen LogP contribution in [0, 0.1) is 6.92 Å². The number of aromatic nitrogens is 2. The molecule has 2 aliphatic rings. The van der Waals surface area contributed by atoms with E-state index in [4.69, 9.17) is 14.6 Å². The minimum absolute atomic E-state index is 0.753. The molecular formula is C38H40N4O2. The van der Waals surface area contributed by atoms with Crippen LogP contribution in [-0.4, -0.2) is 43.1 Å². The molecule has 0 N–H and O–H groups in total. The maximum absolute atomic E-state index is 7.38. The van der Waals surface area contributed by atoms with E-state index >= 15 is 0 Å². The van der Waals surface area contributed by atoms with Crippen LogP contribution in [0.3, 0.4) is 0 Å². The number of fused-ring (bicyclic) bond motifs is 9. The highest BCUT2D eigenvalue weighted by molar-refractivity contribution is 5.91. The Kier molecular flexibility index (Phi) is 6.88. The van der Waals surface area contributed by atoms with E-state index in [0.717, 1.165) is 77.0 Å². The predicted octanol–water partition coefficient (Wildman–Crippen LogP) is 8.21. The Labute approximate surface area is 260 Å². The lowest BCUT2D eigenvalue weighted by molar-refractivity contribution is 0.155. The molecule has 2 heterocycles. The number of hydrogen-bond donors (Lipinski definition) is 0. The fourth-order valence-corrected chi connectivity index (χ4v) is 7.35. The average molecular weight is 585 g/mol. The molecule has 224 valence electrons. The molecule has 0 bridgehead atoms. The van der Waals surface area contributed by atoms with Gasteiger partial charge in [-0.05, 0) is 94.3 Å². The first-order valence-electron chi connectivity index (χ1n) is 15.8. The third kappa shape index (κ3) is 3.89. The molecule has 1 aliphatic carbocycles. The van der Waals surface area contributed by atoms with Crippen LogP contribution in [0.2, 0.25) is 0 Å². The molecule has 6 nitrogen and oxygen atoms in total. The summed E-state index contributed by atoms with van der Waals surface area (Å²) in [6, 6.07) is 30.2. The van der Waals surface area contributed by atoms with E-state index in [1.807, 2.05) is 24.3 Å². The van der Waals surface area contributed by atoms with E-state index in [1.165, 1.54) is 22.5 Å². The van der Waals surface area contributed by atoms with Gasteiger partial charge in [-0.3, -0.25) is 0 Å². The van der Waals surface area contributed by atoms with Crippen molar-refractivity contribution < 1.29 is 9.47 Å². The third-order valence-corrected chi connectivity index (χ3v) is 9.49. The zero-order valence-electron chi connectivity index (χ0n) is 26.5. The second kappa shape index (κ2) is 10.8. The zero-order chi connectivity index (χ0) is 30.6. The number of anilines is 2. The van der Waals surface area contributed by atoms with Crippen LogP contribution >= 0.6 is 0 Å². The summed E-state index contributed by atoms with van der Waals surface area (Å²) >= 11 is 0. The summed E-state index contributed by atoms with van der Waals surface area (Å²) in [6.45, 7) is 14.8. The molecule has 7 rings (SSSR count). The van der Waals surface area contributed by atoms with Crippen molar-refractivity contribution in [2.45, 2.75) is 40.2 Å². The topological polar surface area (TPSA) is 42.8 Å². The Morgan fingerprint density at radius 2 is 1.34 bits per heavy atom. The molecule has 5 aromatic rings. The molecule has 4 aromatic carbocycles. The fraction of sp³-hybridized carbons (Fsp3) is 0.289. The molecule has 0 atom stereocenters. The van der Waals surface area contributed by atoms with Crippen molar-refractivity contribution in [1.29, 1.82) is 0 Å². The molecule has 1 aliphatic heterocycles. The molecule has 0 fully saturated rings. The first kappa shape index (κ1) is 28.1. The average Bonchev–Trinajstić information content (AvgIpc) is 3.55. The lowest BCUT2D eigenvalue weighted by Gasteiger charge is -2.38. The van der Waals surface area contributed by atoms with Crippen molar-refractivity contribution in [1.82, 2.24) is 9.78 Å². The van der Waals surface area contributed by atoms with Crippen LogP contribution in [0.4, 0.5) is 11.4 Å². The summed E-state index contributed by atoms with van der Waals surface area (Å²) in [7, 11) is 1.71. The maximum Gasteiger partial charge on any atom is 0.189 e. The smallest absolute Gasteiger partial charge is 0.189 e. The standard InChI is InChI=1S/C38H40N4O2/c1-7-40(8-2)27-19-21-31-29(23-27)30-24-28(41(9-3)10-4)20-22-32(30)38(31)36-25(5)42(26-15-12-11-13-16-26)39-37(36)35-33(43-6)17-14-18-34(35)44-38/h11-24H,7-10H2,1-6H3. The normalized spacial score (nSPS) is 13.5. The van der Waals surface area contributed by atoms with Crippen LogP contribution in [0.25, 0.3) is 28.1 Å². The Hall–Kier alpha value is -4.71. The van der Waals surface area contributed by atoms with Crippen molar-refractivity contribution in [3.63, 3.8) is 0 Å². The highest BCUT2D eigenvalue weighted by atomic mass is 16.5. The van der Waals surface area contributed by atoms with Gasteiger partial charge in [-0.1, -0.05) is 36.4 Å². The summed E-state index contributed by atoms with van der Waals surface area (Å²) in [4.78, 5) is 4.82. The lowest BCUT2D eigenvalue weighted by atomic mass is 9.79. The Morgan fingerprint density at radius 3 is 1.89 bits per heavy atom. The van der Waals surface area contributed by atoms with Crippen molar-refractivity contribution in [3.05, 3.63) is 107 Å². The number of benzene rings is 4. The van der Waals surface area contributed by atoms with E-state index in [0.29, 0.717) is 0 Å². The fourth-order valence-electron chi connectivity index (χ4n) is 7.35. The molecule has 1 aromatic heterocycles. The van der Waals surface area contributed by atoms with Gasteiger partial charge in [0.05, 0.1) is 23.9 Å². The molecule has 0 unspecified atom stereocenters. The van der Waals surface area contributed by atoms with Gasteiger partial charge in [-0.25, -0.2) is 4.68 Å². The summed E-state index contributed by atoms with van der Waals surface area (Å²) in [6.07, 6.45) is 0. The van der Waals surface area contributed by atoms with Crippen LogP contribution < -0.4 is 19.3 Å². The Bertz CT molecular complexity index is 1790. The van der Waals surface area contributed by atoms with Gasteiger partial charge in [0.2, 0.25) is 0 Å². The maximum atomic E-state index is 7.38. The predicted molar refractivity (Wildman–Crippen MR) is 180 cm³/mol. The van der Waals surface area contributed by atoms with Crippen molar-refractivity contribution in [2.75, 3.05) is 43.1 Å². The molecule has 1 spiro atoms. The highest BCUT2D eigenvalue weighted by Crippen LogP contribution is 2.61. The van der Waals surface area contributed by atoms with Gasteiger partial charge >= 0.3 is 0 Å². The molecular weight excluding hydrogens is 544 g/mol. The summed E-state index contributed by atoms with van der Waals surface area (Å²) in [5.41, 5.74) is 11.2. The van der Waals surface area contributed by atoms with Gasteiger partial charge in [0.1, 0.15) is 17.2 Å². The number of ether oxygens (including phenoxy) is 2. The summed E-state index contributed by atoms with van der Waals surface area (Å²) in [5.74, 6) is 1.53. The summed E-state index contributed by atoms with van der Waals surface area (Å²) < 4.78 is 15.3. The first-order valence-corrected chi connectivity index (χ1v) is 15.8. The summed E-state index contributed by atoms with van der Waals surface area (Å²) in [5, 5.41) is 5.32. The van der Waals surface area contributed by atoms with Crippen molar-refractivity contribution in [3.8, 4) is 39.6 Å². The number of nitrogens with zero attached hydrogens (tertiary/aromatic N) is 4. The molecule has 44 heavy (non-hydrogen) atoms. The molecule has 0 saturated heterocycles. The molecule has 0 radical (unpaired) electrons. The monoisotopic (exact) mass is 584 g/mol. The van der Waals surface area contributed by atoms with Gasteiger partial charge < -0.3 is 19.3 Å². The van der Waals surface area contributed by atoms with Crippen LogP contribution in [0.1, 0.15) is 50.1 Å². The Morgan fingerprint density at radius 1 is 0.750 bits per heavy atom. The number of methoxy groups -OCH3 is 1. The van der Waals surface area contributed by atoms with Crippen LogP contribution in [0.5, 0.6) is 11.5 Å². The minimum Gasteiger partial charge on any atom is -0.496 e. The second-order valence-corrected chi connectivity index (χ2v) is 11.5. The highest BCUT2D eigenvalue weighted by Gasteiger charge is 2.54. The second-order valence-electron chi connectivity index (χ2n) is 11.5. The van der Waals surface area contributed by atoms with Crippen LogP contribution in [0.15, 0.2) is 84.9 Å². The van der Waals surface area contributed by atoms with Crippen molar-refractivity contribution >= 4 is 11.4 Å². The quantitative estimate of drug-likeness (QED) is 0.184. The largest absolute Gasteiger partial charge is 0.496 e. The lowest BCUT2D eigenvalue weighted by Crippen LogP contribution is -2.37. The van der Waals surface area contributed by atoms with Crippen LogP contribution in [-0.2, 0) is 5.60 Å². The van der Waals surface area contributed by atoms with Gasteiger partial charge in [0.25, 0.3) is 0 Å². The van der Waals surface area contributed by atoms with E-state index < -0.39 is 5.60 Å². The number of rotatable bonds is 8. The van der Waals surface area contributed by atoms with Gasteiger partial charge in [0, 0.05) is 54.4 Å². The molecule has 0 saturated carbocycles. The van der Waals surface area contributed by atoms with E-state index in [-0.39, 0.29) is 0 Å². The van der Waals surface area contributed by atoms with Gasteiger partial charge in [-0.15, -0.1) is 0 Å². The van der Waals surface area contributed by atoms with Crippen molar-refractivity contribution in [2.24, 2.45) is 0 Å². The number of hydrogen-bond acceptors (Lipinski definition) is 5. The Balaban J connectivity index is 1.58. The van der Waals surface area contributed by atoms with E-state index in [1.54, 1.807) is 7.11 Å². The molecule has 6 heteroatoms.